The van der Waals surface area contributed by atoms with Crippen molar-refractivity contribution in [1.29, 1.82) is 0 Å². The van der Waals surface area contributed by atoms with Crippen molar-refractivity contribution >= 4 is 35.1 Å². The summed E-state index contributed by atoms with van der Waals surface area (Å²) in [7, 11) is 0. The lowest BCUT2D eigenvalue weighted by Gasteiger charge is -2.46. The van der Waals surface area contributed by atoms with Crippen molar-refractivity contribution in [2.45, 2.75) is 65.3 Å². The van der Waals surface area contributed by atoms with Gasteiger partial charge >= 0.3 is 6.03 Å². The number of urea groups is 1. The standard InChI is InChI=1S/C29H36N4O4/c1-4-13-30-26(34)17-21-9-11-23(12-10-21)33-28(36)24-7-5-6-8-25(24)32(29(33)37)18-27(35)31-22-15-19(2)14-20(3)16-22/h9-12,14-16,24-25H,4-8,13,17-18H2,1-3H3,(H,30,34)(H,31,35). The molecular weight excluding hydrogens is 468 g/mol. The smallest absolute Gasteiger partial charge is 0.332 e. The molecule has 4 rings (SSSR count). The number of anilines is 2. The van der Waals surface area contributed by atoms with Crippen molar-refractivity contribution in [2.75, 3.05) is 23.3 Å². The first-order chi connectivity index (χ1) is 17.8. The van der Waals surface area contributed by atoms with Crippen molar-refractivity contribution < 1.29 is 19.2 Å². The molecule has 0 bridgehead atoms. The molecule has 2 unspecified atom stereocenters. The van der Waals surface area contributed by atoms with Gasteiger partial charge in [-0.1, -0.05) is 38.0 Å². The zero-order valence-electron chi connectivity index (χ0n) is 21.9. The van der Waals surface area contributed by atoms with Crippen LogP contribution in [-0.2, 0) is 20.8 Å². The maximum Gasteiger partial charge on any atom is 0.332 e. The predicted molar refractivity (Wildman–Crippen MR) is 143 cm³/mol. The molecule has 2 aromatic rings. The van der Waals surface area contributed by atoms with Crippen LogP contribution in [0.4, 0.5) is 16.2 Å². The lowest BCUT2D eigenvalue weighted by Crippen LogP contribution is -2.64. The normalized spacial score (nSPS) is 19.4. The number of benzene rings is 2. The lowest BCUT2D eigenvalue weighted by atomic mass is 9.81. The SMILES string of the molecule is CCCNC(=O)Cc1ccc(N2C(=O)C3CCCCC3N(CC(=O)Nc3cc(C)cc(C)c3)C2=O)cc1. The molecule has 5 amide bonds. The molecule has 0 radical (unpaired) electrons. The number of hydrogen-bond donors (Lipinski definition) is 2. The maximum absolute atomic E-state index is 13.7. The van der Waals surface area contributed by atoms with E-state index in [1.54, 1.807) is 29.2 Å². The second-order valence-corrected chi connectivity index (χ2v) is 10.2. The summed E-state index contributed by atoms with van der Waals surface area (Å²) in [6, 6.07) is 12.0. The first-order valence-corrected chi connectivity index (χ1v) is 13.1. The first-order valence-electron chi connectivity index (χ1n) is 13.1. The molecule has 1 saturated carbocycles. The number of nitrogens with one attached hydrogen (secondary N) is 2. The highest BCUT2D eigenvalue weighted by Gasteiger charge is 2.48. The van der Waals surface area contributed by atoms with Gasteiger partial charge in [-0.25, -0.2) is 9.69 Å². The Morgan fingerprint density at radius 1 is 0.946 bits per heavy atom. The van der Waals surface area contributed by atoms with E-state index < -0.39 is 6.03 Å². The summed E-state index contributed by atoms with van der Waals surface area (Å²) in [6.07, 6.45) is 4.34. The highest BCUT2D eigenvalue weighted by atomic mass is 16.2. The van der Waals surface area contributed by atoms with Gasteiger partial charge in [-0.3, -0.25) is 14.4 Å². The minimum absolute atomic E-state index is 0.0641. The number of fused-ring (bicyclic) bond motifs is 1. The molecular formula is C29H36N4O4. The third kappa shape index (κ3) is 6.18. The Hall–Kier alpha value is -3.68. The number of amides is 5. The van der Waals surface area contributed by atoms with Gasteiger partial charge < -0.3 is 15.5 Å². The molecule has 1 heterocycles. The van der Waals surface area contributed by atoms with E-state index in [1.165, 1.54) is 4.90 Å². The summed E-state index contributed by atoms with van der Waals surface area (Å²) in [5.41, 5.74) is 4.03. The van der Waals surface area contributed by atoms with E-state index in [1.807, 2.05) is 39.0 Å². The van der Waals surface area contributed by atoms with Gasteiger partial charge in [-0.2, -0.15) is 0 Å². The summed E-state index contributed by atoms with van der Waals surface area (Å²) >= 11 is 0. The fourth-order valence-corrected chi connectivity index (χ4v) is 5.40. The molecule has 8 heteroatoms. The van der Waals surface area contributed by atoms with Crippen molar-refractivity contribution in [3.63, 3.8) is 0 Å². The van der Waals surface area contributed by atoms with E-state index in [0.29, 0.717) is 30.8 Å². The first kappa shape index (κ1) is 26.4. The fourth-order valence-electron chi connectivity index (χ4n) is 5.40. The Labute approximate surface area is 218 Å². The summed E-state index contributed by atoms with van der Waals surface area (Å²) in [6.45, 7) is 6.44. The molecule has 2 fully saturated rings. The van der Waals surface area contributed by atoms with Crippen LogP contribution in [0.1, 0.15) is 55.7 Å². The Kier molecular flexibility index (Phi) is 8.26. The van der Waals surface area contributed by atoms with E-state index in [4.69, 9.17) is 0 Å². The summed E-state index contributed by atoms with van der Waals surface area (Å²) in [4.78, 5) is 55.0. The summed E-state index contributed by atoms with van der Waals surface area (Å²) in [5, 5.41) is 5.77. The average Bonchev–Trinajstić information content (AvgIpc) is 2.86. The van der Waals surface area contributed by atoms with Crippen LogP contribution in [-0.4, -0.2) is 47.8 Å². The van der Waals surface area contributed by atoms with E-state index >= 15 is 0 Å². The van der Waals surface area contributed by atoms with Crippen LogP contribution in [0.2, 0.25) is 0 Å². The zero-order chi connectivity index (χ0) is 26.5. The van der Waals surface area contributed by atoms with E-state index in [0.717, 1.165) is 36.0 Å². The van der Waals surface area contributed by atoms with Gasteiger partial charge in [0.1, 0.15) is 6.54 Å². The van der Waals surface area contributed by atoms with Crippen LogP contribution in [0.25, 0.3) is 0 Å². The lowest BCUT2D eigenvalue weighted by molar-refractivity contribution is -0.128. The number of nitrogens with zero attached hydrogens (tertiary/aromatic N) is 2. The third-order valence-corrected chi connectivity index (χ3v) is 7.06. The van der Waals surface area contributed by atoms with Crippen molar-refractivity contribution in [3.05, 3.63) is 59.2 Å². The van der Waals surface area contributed by atoms with Gasteiger partial charge in [0.2, 0.25) is 17.7 Å². The van der Waals surface area contributed by atoms with Crippen LogP contribution in [0.5, 0.6) is 0 Å². The van der Waals surface area contributed by atoms with Crippen LogP contribution >= 0.6 is 0 Å². The van der Waals surface area contributed by atoms with Gasteiger partial charge in [0, 0.05) is 18.3 Å². The predicted octanol–water partition coefficient (Wildman–Crippen LogP) is 4.34. The molecule has 0 spiro atoms. The van der Waals surface area contributed by atoms with Gasteiger partial charge in [0.15, 0.2) is 0 Å². The second kappa shape index (κ2) is 11.6. The van der Waals surface area contributed by atoms with E-state index in [-0.39, 0.29) is 42.6 Å². The Morgan fingerprint density at radius 3 is 2.30 bits per heavy atom. The molecule has 2 atom stereocenters. The van der Waals surface area contributed by atoms with Crippen LogP contribution in [0.3, 0.4) is 0 Å². The molecule has 1 aliphatic heterocycles. The zero-order valence-corrected chi connectivity index (χ0v) is 21.9. The molecule has 8 nitrogen and oxygen atoms in total. The average molecular weight is 505 g/mol. The second-order valence-electron chi connectivity index (χ2n) is 10.2. The van der Waals surface area contributed by atoms with Gasteiger partial charge in [-0.05, 0) is 74.1 Å². The molecule has 0 aromatic heterocycles. The highest BCUT2D eigenvalue weighted by molar-refractivity contribution is 6.17. The number of carbonyl (C=O) groups is 4. The van der Waals surface area contributed by atoms with Crippen molar-refractivity contribution in [3.8, 4) is 0 Å². The number of hydrogen-bond acceptors (Lipinski definition) is 4. The van der Waals surface area contributed by atoms with Crippen LogP contribution in [0, 0.1) is 19.8 Å². The summed E-state index contributed by atoms with van der Waals surface area (Å²) < 4.78 is 0. The highest BCUT2D eigenvalue weighted by Crippen LogP contribution is 2.36. The van der Waals surface area contributed by atoms with Crippen LogP contribution in [0.15, 0.2) is 42.5 Å². The molecule has 37 heavy (non-hydrogen) atoms. The minimum Gasteiger partial charge on any atom is -0.356 e. The molecule has 196 valence electrons. The summed E-state index contributed by atoms with van der Waals surface area (Å²) in [5.74, 6) is -0.898. The maximum atomic E-state index is 13.7. The van der Waals surface area contributed by atoms with Gasteiger partial charge in [-0.15, -0.1) is 0 Å². The van der Waals surface area contributed by atoms with Gasteiger partial charge in [0.05, 0.1) is 18.0 Å². The van der Waals surface area contributed by atoms with Gasteiger partial charge in [0.25, 0.3) is 0 Å². The number of carbonyl (C=O) groups excluding carboxylic acids is 4. The Balaban J connectivity index is 1.52. The minimum atomic E-state index is -0.475. The Morgan fingerprint density at radius 2 is 1.62 bits per heavy atom. The fraction of sp³-hybridized carbons (Fsp3) is 0.448. The monoisotopic (exact) mass is 504 g/mol. The number of aryl methyl sites for hydroxylation is 2. The largest absolute Gasteiger partial charge is 0.356 e. The Bertz CT molecular complexity index is 1160. The van der Waals surface area contributed by atoms with Crippen molar-refractivity contribution in [2.24, 2.45) is 5.92 Å². The van der Waals surface area contributed by atoms with E-state index in [9.17, 15) is 19.2 Å². The molecule has 2 N–H and O–H groups in total. The van der Waals surface area contributed by atoms with E-state index in [2.05, 4.69) is 10.6 Å². The molecule has 1 aliphatic carbocycles. The topological polar surface area (TPSA) is 98.8 Å². The number of imide groups is 1. The number of rotatable bonds is 8. The quantitative estimate of drug-likeness (QED) is 0.559. The molecule has 1 saturated heterocycles. The van der Waals surface area contributed by atoms with Crippen LogP contribution < -0.4 is 15.5 Å². The third-order valence-electron chi connectivity index (χ3n) is 7.06. The molecule has 2 aliphatic rings. The molecule has 2 aromatic carbocycles. The van der Waals surface area contributed by atoms with Crippen molar-refractivity contribution in [1.82, 2.24) is 10.2 Å².